The van der Waals surface area contributed by atoms with Crippen LogP contribution in [-0.4, -0.2) is 76.9 Å². The largest absolute Gasteiger partial charge is 0.388 e. The minimum atomic E-state index is -0.974. The molecule has 7 heteroatoms. The lowest BCUT2D eigenvalue weighted by Gasteiger charge is -2.41. The molecule has 6 nitrogen and oxygen atoms in total. The van der Waals surface area contributed by atoms with Crippen LogP contribution in [-0.2, 0) is 9.47 Å². The first kappa shape index (κ1) is 18.5. The third-order valence-electron chi connectivity index (χ3n) is 5.25. The lowest BCUT2D eigenvalue weighted by molar-refractivity contribution is -0.193. The summed E-state index contributed by atoms with van der Waals surface area (Å²) in [5.41, 5.74) is -0.258. The molecule has 0 aromatic heterocycles. The third-order valence-corrected chi connectivity index (χ3v) is 6.56. The number of nitrogens with zero attached hydrogens (tertiary/aromatic N) is 2. The SMILES string of the molecule is C[C@H](OCC1CCCCC1)[C@H]1O[C@@H]2SC(N(C)C)=N[C@@H]2[C@@H](O)[C@@H]1O. The Hall–Kier alpha value is -0.340. The van der Waals surface area contributed by atoms with Gasteiger partial charge in [-0.25, -0.2) is 0 Å². The highest BCUT2D eigenvalue weighted by Crippen LogP contribution is 2.38. The molecule has 138 valence electrons. The highest BCUT2D eigenvalue weighted by atomic mass is 32.2. The molecule has 3 rings (SSSR count). The van der Waals surface area contributed by atoms with Crippen LogP contribution >= 0.6 is 11.8 Å². The number of aliphatic hydroxyl groups excluding tert-OH is 2. The normalized spacial score (nSPS) is 38.5. The number of hydrogen-bond acceptors (Lipinski definition) is 7. The van der Waals surface area contributed by atoms with Gasteiger partial charge in [-0.2, -0.15) is 0 Å². The summed E-state index contributed by atoms with van der Waals surface area (Å²) in [5, 5.41) is 21.8. The van der Waals surface area contributed by atoms with Crippen LogP contribution in [0.2, 0.25) is 0 Å². The Balaban J connectivity index is 1.56. The molecule has 6 atom stereocenters. The number of ether oxygens (including phenoxy) is 2. The van der Waals surface area contributed by atoms with Crippen molar-refractivity contribution >= 4 is 16.9 Å². The molecular formula is C17H30N2O4S. The fourth-order valence-corrected chi connectivity index (χ4v) is 4.86. The van der Waals surface area contributed by atoms with Gasteiger partial charge in [0, 0.05) is 20.7 Å². The monoisotopic (exact) mass is 358 g/mol. The van der Waals surface area contributed by atoms with Crippen molar-refractivity contribution in [2.75, 3.05) is 20.7 Å². The molecule has 0 aromatic rings. The Morgan fingerprint density at radius 3 is 2.62 bits per heavy atom. The molecule has 2 aliphatic heterocycles. The molecule has 1 saturated heterocycles. The van der Waals surface area contributed by atoms with Gasteiger partial charge in [-0.05, 0) is 25.7 Å². The molecule has 2 fully saturated rings. The number of aliphatic imine (C=N–C) groups is 1. The summed E-state index contributed by atoms with van der Waals surface area (Å²) in [6, 6.07) is -0.413. The quantitative estimate of drug-likeness (QED) is 0.792. The highest BCUT2D eigenvalue weighted by Gasteiger charge is 2.50. The van der Waals surface area contributed by atoms with Crippen molar-refractivity contribution in [2.24, 2.45) is 10.9 Å². The van der Waals surface area contributed by atoms with E-state index in [1.165, 1.54) is 43.9 Å². The zero-order valence-corrected chi connectivity index (χ0v) is 15.6. The van der Waals surface area contributed by atoms with Gasteiger partial charge >= 0.3 is 0 Å². The average molecular weight is 359 g/mol. The highest BCUT2D eigenvalue weighted by molar-refractivity contribution is 8.14. The Bertz CT molecular complexity index is 456. The van der Waals surface area contributed by atoms with Gasteiger partial charge in [-0.3, -0.25) is 4.99 Å². The number of fused-ring (bicyclic) bond motifs is 1. The zero-order chi connectivity index (χ0) is 17.3. The van der Waals surface area contributed by atoms with Crippen LogP contribution in [0.4, 0.5) is 0 Å². The van der Waals surface area contributed by atoms with Gasteiger partial charge in [-0.1, -0.05) is 31.0 Å². The maximum atomic E-state index is 10.5. The molecule has 2 N–H and O–H groups in total. The van der Waals surface area contributed by atoms with E-state index in [0.29, 0.717) is 12.5 Å². The number of rotatable bonds is 4. The number of amidine groups is 1. The molecular weight excluding hydrogens is 328 g/mol. The van der Waals surface area contributed by atoms with E-state index in [9.17, 15) is 10.2 Å². The molecule has 0 aromatic carbocycles. The fourth-order valence-electron chi connectivity index (χ4n) is 3.72. The molecule has 1 saturated carbocycles. The van der Waals surface area contributed by atoms with Gasteiger partial charge in [0.25, 0.3) is 0 Å². The summed E-state index contributed by atoms with van der Waals surface area (Å²) in [5.74, 6) is 0.615. The molecule has 0 bridgehead atoms. The summed E-state index contributed by atoms with van der Waals surface area (Å²) in [7, 11) is 3.83. The van der Waals surface area contributed by atoms with E-state index in [4.69, 9.17) is 9.47 Å². The van der Waals surface area contributed by atoms with Crippen molar-refractivity contribution in [2.45, 2.75) is 74.9 Å². The predicted octanol–water partition coefficient (Wildman–Crippen LogP) is 1.45. The second-order valence-corrected chi connectivity index (χ2v) is 8.47. The molecule has 1 aliphatic carbocycles. The van der Waals surface area contributed by atoms with Crippen LogP contribution in [0.15, 0.2) is 4.99 Å². The van der Waals surface area contributed by atoms with E-state index < -0.39 is 24.4 Å². The molecule has 0 radical (unpaired) electrons. The summed E-state index contributed by atoms with van der Waals surface area (Å²) in [6.45, 7) is 2.64. The third kappa shape index (κ3) is 3.90. The number of hydrogen-bond donors (Lipinski definition) is 2. The Labute approximate surface area is 148 Å². The van der Waals surface area contributed by atoms with Gasteiger partial charge in [0.1, 0.15) is 29.8 Å². The summed E-state index contributed by atoms with van der Waals surface area (Å²) in [6.07, 6.45) is 3.70. The average Bonchev–Trinajstić information content (AvgIpc) is 3.01. The van der Waals surface area contributed by atoms with Crippen molar-refractivity contribution < 1.29 is 19.7 Å². The van der Waals surface area contributed by atoms with Crippen molar-refractivity contribution in [1.82, 2.24) is 4.90 Å². The predicted molar refractivity (Wildman–Crippen MR) is 95.2 cm³/mol. The lowest BCUT2D eigenvalue weighted by Crippen LogP contribution is -2.58. The van der Waals surface area contributed by atoms with Crippen LogP contribution in [0.25, 0.3) is 0 Å². The summed E-state index contributed by atoms with van der Waals surface area (Å²) in [4.78, 5) is 6.39. The summed E-state index contributed by atoms with van der Waals surface area (Å²) < 4.78 is 12.1. The standard InChI is InChI=1S/C17H30N2O4S/c1-10(22-9-11-7-5-4-6-8-11)15-14(21)13(20)12-16(23-15)24-17(18-12)19(2)3/h10-16,20-21H,4-9H2,1-3H3/t10-,12+,13+,14-,15+,16+/m0/s1. The number of thioether (sulfide) groups is 1. The second-order valence-electron chi connectivity index (χ2n) is 7.41. The maximum absolute atomic E-state index is 10.5. The van der Waals surface area contributed by atoms with E-state index in [0.717, 1.165) is 5.17 Å². The zero-order valence-electron chi connectivity index (χ0n) is 14.8. The smallest absolute Gasteiger partial charge is 0.161 e. The minimum absolute atomic E-state index is 0.249. The fraction of sp³-hybridized carbons (Fsp3) is 0.941. The second kappa shape index (κ2) is 7.91. The molecule has 0 unspecified atom stereocenters. The van der Waals surface area contributed by atoms with E-state index in [-0.39, 0.29) is 11.5 Å². The lowest BCUT2D eigenvalue weighted by atomic mass is 9.90. The van der Waals surface area contributed by atoms with Crippen LogP contribution in [0.3, 0.4) is 0 Å². The molecule has 0 spiro atoms. The Kier molecular flexibility index (Phi) is 6.08. The molecule has 2 heterocycles. The van der Waals surface area contributed by atoms with E-state index >= 15 is 0 Å². The van der Waals surface area contributed by atoms with Gasteiger partial charge < -0.3 is 24.6 Å². The van der Waals surface area contributed by atoms with Gasteiger partial charge in [0.2, 0.25) is 0 Å². The van der Waals surface area contributed by atoms with Crippen LogP contribution in [0.5, 0.6) is 0 Å². The first-order chi connectivity index (χ1) is 11.5. The topological polar surface area (TPSA) is 74.5 Å². The Morgan fingerprint density at radius 1 is 1.25 bits per heavy atom. The van der Waals surface area contributed by atoms with Crippen molar-refractivity contribution in [3.05, 3.63) is 0 Å². The van der Waals surface area contributed by atoms with Crippen molar-refractivity contribution in [3.8, 4) is 0 Å². The number of aliphatic hydroxyl groups is 2. The molecule has 0 amide bonds. The van der Waals surface area contributed by atoms with E-state index in [1.54, 1.807) is 0 Å². The molecule has 24 heavy (non-hydrogen) atoms. The maximum Gasteiger partial charge on any atom is 0.161 e. The van der Waals surface area contributed by atoms with Crippen LogP contribution in [0.1, 0.15) is 39.0 Å². The van der Waals surface area contributed by atoms with Gasteiger partial charge in [0.05, 0.1) is 6.10 Å². The van der Waals surface area contributed by atoms with Gasteiger partial charge in [0.15, 0.2) is 5.17 Å². The molecule has 3 aliphatic rings. The van der Waals surface area contributed by atoms with Crippen LogP contribution < -0.4 is 0 Å². The van der Waals surface area contributed by atoms with Gasteiger partial charge in [-0.15, -0.1) is 0 Å². The van der Waals surface area contributed by atoms with Crippen molar-refractivity contribution in [3.63, 3.8) is 0 Å². The first-order valence-electron chi connectivity index (χ1n) is 9.02. The van der Waals surface area contributed by atoms with E-state index in [1.807, 2.05) is 25.9 Å². The first-order valence-corrected chi connectivity index (χ1v) is 9.90. The van der Waals surface area contributed by atoms with E-state index in [2.05, 4.69) is 4.99 Å². The van der Waals surface area contributed by atoms with Crippen molar-refractivity contribution in [1.29, 1.82) is 0 Å². The Morgan fingerprint density at radius 2 is 1.96 bits per heavy atom. The summed E-state index contributed by atoms with van der Waals surface area (Å²) >= 11 is 1.50. The minimum Gasteiger partial charge on any atom is -0.388 e. The van der Waals surface area contributed by atoms with Crippen LogP contribution in [0, 0.1) is 5.92 Å².